The van der Waals surface area contributed by atoms with Crippen LogP contribution in [0.5, 0.6) is 0 Å². The van der Waals surface area contributed by atoms with Crippen LogP contribution in [0.15, 0.2) is 72.8 Å². The van der Waals surface area contributed by atoms with Gasteiger partial charge in [-0.3, -0.25) is 9.59 Å². The van der Waals surface area contributed by atoms with Crippen molar-refractivity contribution in [1.29, 1.82) is 5.26 Å². The maximum atomic E-state index is 12.5. The van der Waals surface area contributed by atoms with Gasteiger partial charge in [0.25, 0.3) is 11.8 Å². The molecule has 0 atom stereocenters. The summed E-state index contributed by atoms with van der Waals surface area (Å²) in [5.74, 6) is -0.575. The Balaban J connectivity index is 1.71. The van der Waals surface area contributed by atoms with Gasteiger partial charge in [0.2, 0.25) is 0 Å². The summed E-state index contributed by atoms with van der Waals surface area (Å²) in [6.07, 6.45) is 0.819. The molecule has 0 bridgehead atoms. The molecule has 0 unspecified atom stereocenters. The molecule has 0 aromatic heterocycles. The van der Waals surface area contributed by atoms with Gasteiger partial charge in [-0.15, -0.1) is 0 Å². The number of carbonyl (C=O) groups is 2. The lowest BCUT2D eigenvalue weighted by atomic mass is 10.1. The third-order valence-electron chi connectivity index (χ3n) is 4.35. The van der Waals surface area contributed by atoms with Crippen LogP contribution in [0.3, 0.4) is 0 Å². The van der Waals surface area contributed by atoms with Crippen LogP contribution < -0.4 is 10.6 Å². The van der Waals surface area contributed by atoms with Gasteiger partial charge in [0.05, 0.1) is 11.3 Å². The molecular weight excluding hydrogens is 350 g/mol. The van der Waals surface area contributed by atoms with E-state index in [1.807, 2.05) is 37.3 Å². The third-order valence-corrected chi connectivity index (χ3v) is 4.35. The number of aryl methyl sites for hydroxylation is 1. The maximum Gasteiger partial charge on any atom is 0.255 e. The van der Waals surface area contributed by atoms with E-state index < -0.39 is 0 Å². The zero-order chi connectivity index (χ0) is 19.9. The van der Waals surface area contributed by atoms with Gasteiger partial charge in [0.15, 0.2) is 0 Å². The summed E-state index contributed by atoms with van der Waals surface area (Å²) in [6, 6.07) is 22.9. The number of nitrogens with one attached hydrogen (secondary N) is 2. The smallest absolute Gasteiger partial charge is 0.255 e. The highest BCUT2D eigenvalue weighted by atomic mass is 16.2. The molecule has 0 saturated heterocycles. The van der Waals surface area contributed by atoms with E-state index in [2.05, 4.69) is 10.6 Å². The highest BCUT2D eigenvalue weighted by Gasteiger charge is 2.12. The fourth-order valence-corrected chi connectivity index (χ4v) is 2.80. The maximum absolute atomic E-state index is 12.5. The normalized spacial score (nSPS) is 10.0. The van der Waals surface area contributed by atoms with Crippen LogP contribution in [-0.2, 0) is 6.42 Å². The molecule has 3 rings (SSSR count). The van der Waals surface area contributed by atoms with Crippen molar-refractivity contribution in [2.45, 2.75) is 13.3 Å². The first-order valence-corrected chi connectivity index (χ1v) is 8.92. The third kappa shape index (κ3) is 4.25. The molecule has 0 saturated carbocycles. The number of amides is 2. The highest BCUT2D eigenvalue weighted by Crippen LogP contribution is 2.18. The first-order chi connectivity index (χ1) is 13.6. The van der Waals surface area contributed by atoms with Gasteiger partial charge < -0.3 is 10.6 Å². The first-order valence-electron chi connectivity index (χ1n) is 8.92. The Morgan fingerprint density at radius 1 is 0.786 bits per heavy atom. The molecule has 28 heavy (non-hydrogen) atoms. The summed E-state index contributed by atoms with van der Waals surface area (Å²) in [6.45, 7) is 2.03. The molecule has 0 radical (unpaired) electrons. The van der Waals surface area contributed by atoms with Crippen LogP contribution in [0, 0.1) is 11.3 Å². The lowest BCUT2D eigenvalue weighted by molar-refractivity contribution is 0.101. The average molecular weight is 369 g/mol. The van der Waals surface area contributed by atoms with Crippen LogP contribution in [-0.4, -0.2) is 11.8 Å². The first kappa shape index (κ1) is 18.9. The number of nitriles is 1. The van der Waals surface area contributed by atoms with E-state index in [0.717, 1.165) is 17.7 Å². The second-order valence-corrected chi connectivity index (χ2v) is 6.15. The predicted octanol–water partition coefficient (Wildman–Crippen LogP) is 4.63. The van der Waals surface area contributed by atoms with Crippen molar-refractivity contribution >= 4 is 23.2 Å². The quantitative estimate of drug-likeness (QED) is 0.688. The Morgan fingerprint density at radius 3 is 1.86 bits per heavy atom. The molecule has 2 N–H and O–H groups in total. The zero-order valence-electron chi connectivity index (χ0n) is 15.4. The monoisotopic (exact) mass is 369 g/mol. The second-order valence-electron chi connectivity index (χ2n) is 6.15. The number of hydrogen-bond acceptors (Lipinski definition) is 3. The summed E-state index contributed by atoms with van der Waals surface area (Å²) in [5, 5.41) is 14.7. The van der Waals surface area contributed by atoms with Gasteiger partial charge >= 0.3 is 0 Å². The van der Waals surface area contributed by atoms with Crippen molar-refractivity contribution in [3.63, 3.8) is 0 Å². The molecular formula is C23H19N3O2. The van der Waals surface area contributed by atoms with Gasteiger partial charge in [0, 0.05) is 16.8 Å². The van der Waals surface area contributed by atoms with Crippen molar-refractivity contribution < 1.29 is 9.59 Å². The average Bonchev–Trinajstić information content (AvgIpc) is 2.74. The van der Waals surface area contributed by atoms with E-state index in [9.17, 15) is 9.59 Å². The molecule has 0 aliphatic carbocycles. The highest BCUT2D eigenvalue weighted by molar-refractivity contribution is 6.07. The molecule has 5 nitrogen and oxygen atoms in total. The van der Waals surface area contributed by atoms with Crippen molar-refractivity contribution in [2.24, 2.45) is 0 Å². The molecule has 0 spiro atoms. The standard InChI is InChI=1S/C23H19N3O2/c1-2-16-7-3-5-9-20(16)25-22(27)17-11-13-18(14-12-17)23(28)26-21-10-6-4-8-19(21)15-24/h3-14H,2H2,1H3,(H,25,27)(H,26,28). The summed E-state index contributed by atoms with van der Waals surface area (Å²) >= 11 is 0. The van der Waals surface area contributed by atoms with E-state index in [1.165, 1.54) is 0 Å². The minimum absolute atomic E-state index is 0.234. The van der Waals surface area contributed by atoms with Crippen LogP contribution >= 0.6 is 0 Å². The van der Waals surface area contributed by atoms with Crippen molar-refractivity contribution in [1.82, 2.24) is 0 Å². The van der Waals surface area contributed by atoms with E-state index in [0.29, 0.717) is 22.4 Å². The minimum atomic E-state index is -0.342. The Labute approximate surface area is 163 Å². The minimum Gasteiger partial charge on any atom is -0.322 e. The van der Waals surface area contributed by atoms with Crippen molar-refractivity contribution in [2.75, 3.05) is 10.6 Å². The fraction of sp³-hybridized carbons (Fsp3) is 0.0870. The van der Waals surface area contributed by atoms with E-state index >= 15 is 0 Å². The van der Waals surface area contributed by atoms with Crippen molar-refractivity contribution in [3.05, 3.63) is 95.1 Å². The van der Waals surface area contributed by atoms with Gasteiger partial charge in [0.1, 0.15) is 6.07 Å². The van der Waals surface area contributed by atoms with Crippen LogP contribution in [0.2, 0.25) is 0 Å². The molecule has 138 valence electrons. The molecule has 0 heterocycles. The summed E-state index contributed by atoms with van der Waals surface area (Å²) < 4.78 is 0. The largest absolute Gasteiger partial charge is 0.322 e. The number of hydrogen-bond donors (Lipinski definition) is 2. The van der Waals surface area contributed by atoms with Crippen LogP contribution in [0.25, 0.3) is 0 Å². The van der Waals surface area contributed by atoms with Gasteiger partial charge in [-0.25, -0.2) is 0 Å². The lowest BCUT2D eigenvalue weighted by Crippen LogP contribution is -2.15. The molecule has 3 aromatic carbocycles. The van der Waals surface area contributed by atoms with Gasteiger partial charge in [-0.05, 0) is 54.4 Å². The van der Waals surface area contributed by atoms with Crippen molar-refractivity contribution in [3.8, 4) is 6.07 Å². The number of carbonyl (C=O) groups excluding carboxylic acids is 2. The van der Waals surface area contributed by atoms with Gasteiger partial charge in [-0.2, -0.15) is 5.26 Å². The van der Waals surface area contributed by atoms with E-state index in [4.69, 9.17) is 5.26 Å². The number of anilines is 2. The number of benzene rings is 3. The fourth-order valence-electron chi connectivity index (χ4n) is 2.80. The number of nitrogens with zero attached hydrogens (tertiary/aromatic N) is 1. The van der Waals surface area contributed by atoms with Crippen LogP contribution in [0.1, 0.15) is 38.8 Å². The predicted molar refractivity (Wildman–Crippen MR) is 109 cm³/mol. The lowest BCUT2D eigenvalue weighted by Gasteiger charge is -2.10. The Morgan fingerprint density at radius 2 is 1.29 bits per heavy atom. The summed E-state index contributed by atoms with van der Waals surface area (Å²) in [7, 11) is 0. The van der Waals surface area contributed by atoms with E-state index in [1.54, 1.807) is 48.5 Å². The summed E-state index contributed by atoms with van der Waals surface area (Å²) in [5.41, 5.74) is 3.54. The topological polar surface area (TPSA) is 82.0 Å². The van der Waals surface area contributed by atoms with Gasteiger partial charge in [-0.1, -0.05) is 37.3 Å². The zero-order valence-corrected chi connectivity index (χ0v) is 15.4. The summed E-state index contributed by atoms with van der Waals surface area (Å²) in [4.78, 5) is 24.9. The number of rotatable bonds is 5. The molecule has 0 aliphatic rings. The van der Waals surface area contributed by atoms with E-state index in [-0.39, 0.29) is 11.8 Å². The molecule has 0 aliphatic heterocycles. The second kappa shape index (κ2) is 8.65. The SMILES string of the molecule is CCc1ccccc1NC(=O)c1ccc(C(=O)Nc2ccccc2C#N)cc1. The molecule has 3 aromatic rings. The Hall–Kier alpha value is -3.91. The number of para-hydroxylation sites is 2. The van der Waals surface area contributed by atoms with Crippen LogP contribution in [0.4, 0.5) is 11.4 Å². The molecule has 2 amide bonds. The molecule has 5 heteroatoms. The Bertz CT molecular complexity index is 1050. The Kier molecular flexibility index (Phi) is 5.83. The molecule has 0 fully saturated rings.